The third kappa shape index (κ3) is 6.37. The van der Waals surface area contributed by atoms with Gasteiger partial charge in [-0.05, 0) is 11.8 Å². The van der Waals surface area contributed by atoms with Crippen molar-refractivity contribution in [1.29, 1.82) is 0 Å². The fourth-order valence-corrected chi connectivity index (χ4v) is 5.87. The number of rotatable bonds is 3. The maximum Gasteiger partial charge on any atom is 0.274 e. The standard InChI is InChI=1S/C33H30N8O7S/c1-15(2)23-27(42)34-10-22-35-18(11-45-22)30-36-19(12-46-30)31-37-20(13-47-31)33-38-21(14-49-33)32-41-25(26(48-32)17-8-6-5-7-9-17)29(44)40-24(16(3)4)28(43)39-23/h5-9,11-16,23-24H,10H2,1-4H3,(H,34,42)(H,39,43)(H,40,44)/t23-,24+/m1/s1. The minimum atomic E-state index is -1.01. The zero-order chi connectivity index (χ0) is 34.2. The Morgan fingerprint density at radius 1 is 0.714 bits per heavy atom. The molecular formula is C33H30N8O7S. The summed E-state index contributed by atoms with van der Waals surface area (Å²) < 4.78 is 23.0. The molecule has 250 valence electrons. The molecule has 0 radical (unpaired) electrons. The quantitative estimate of drug-likeness (QED) is 0.227. The number of nitrogens with zero attached hydrogens (tertiary/aromatic N) is 5. The van der Waals surface area contributed by atoms with Crippen molar-refractivity contribution in [3.8, 4) is 56.8 Å². The SMILES string of the molecule is CC(C)[C@@H]1NC(=O)c2nc(oc2-c2ccccc2)-c2csc(n2)-c2coc(n2)-c2coc(n2)-c2coc(n2)CNC(=O)[C@@H](C(C)C)NC1=O. The summed E-state index contributed by atoms with van der Waals surface area (Å²) in [4.78, 5) is 63.4. The smallest absolute Gasteiger partial charge is 0.274 e. The normalized spacial score (nSPS) is 17.1. The van der Waals surface area contributed by atoms with Gasteiger partial charge >= 0.3 is 0 Å². The van der Waals surface area contributed by atoms with Crippen LogP contribution in [0.3, 0.4) is 0 Å². The Labute approximate surface area is 282 Å². The number of nitrogens with one attached hydrogen (secondary N) is 3. The van der Waals surface area contributed by atoms with Gasteiger partial charge in [0.05, 0.1) is 6.54 Å². The molecule has 15 nitrogen and oxygen atoms in total. The van der Waals surface area contributed by atoms with Gasteiger partial charge in [0.25, 0.3) is 5.91 Å². The van der Waals surface area contributed by atoms with Crippen LogP contribution < -0.4 is 16.0 Å². The Morgan fingerprint density at radius 2 is 1.37 bits per heavy atom. The van der Waals surface area contributed by atoms with Gasteiger partial charge in [-0.3, -0.25) is 14.4 Å². The van der Waals surface area contributed by atoms with Crippen molar-refractivity contribution in [3.05, 3.63) is 66.1 Å². The number of oxazole rings is 4. The van der Waals surface area contributed by atoms with E-state index in [1.807, 2.05) is 18.2 Å². The van der Waals surface area contributed by atoms with E-state index in [4.69, 9.17) is 17.7 Å². The molecule has 1 aliphatic heterocycles. The van der Waals surface area contributed by atoms with E-state index in [1.54, 1.807) is 45.2 Å². The van der Waals surface area contributed by atoms with Crippen LogP contribution in [0.1, 0.15) is 44.1 Å². The first-order chi connectivity index (χ1) is 23.6. The summed E-state index contributed by atoms with van der Waals surface area (Å²) in [5, 5.41) is 10.6. The van der Waals surface area contributed by atoms with Crippen LogP contribution in [0, 0.1) is 11.8 Å². The number of thiazole rings is 1. The van der Waals surface area contributed by atoms with E-state index in [-0.39, 0.29) is 53.4 Å². The minimum absolute atomic E-state index is 0.0299. The van der Waals surface area contributed by atoms with Crippen LogP contribution in [0.5, 0.6) is 0 Å². The molecule has 49 heavy (non-hydrogen) atoms. The topological polar surface area (TPSA) is 204 Å². The Balaban J connectivity index is 1.29. The molecule has 0 aliphatic carbocycles. The minimum Gasteiger partial charge on any atom is -0.446 e. The first-order valence-corrected chi connectivity index (χ1v) is 16.3. The van der Waals surface area contributed by atoms with Crippen molar-refractivity contribution in [1.82, 2.24) is 40.9 Å². The lowest BCUT2D eigenvalue weighted by atomic mass is 9.99. The molecule has 5 aromatic heterocycles. The number of aromatic nitrogens is 5. The van der Waals surface area contributed by atoms with Gasteiger partial charge in [-0.15, -0.1) is 11.3 Å². The zero-order valence-electron chi connectivity index (χ0n) is 26.7. The predicted molar refractivity (Wildman–Crippen MR) is 174 cm³/mol. The van der Waals surface area contributed by atoms with Gasteiger partial charge in [-0.2, -0.15) is 0 Å². The number of amides is 3. The van der Waals surface area contributed by atoms with Gasteiger partial charge in [0.1, 0.15) is 47.3 Å². The van der Waals surface area contributed by atoms with E-state index in [0.717, 1.165) is 0 Å². The highest BCUT2D eigenvalue weighted by molar-refractivity contribution is 7.13. The third-order valence-electron chi connectivity index (χ3n) is 7.72. The molecular weight excluding hydrogens is 652 g/mol. The van der Waals surface area contributed by atoms with Gasteiger partial charge in [0, 0.05) is 10.9 Å². The molecule has 0 fully saturated rings. The highest BCUT2D eigenvalue weighted by Crippen LogP contribution is 2.34. The first-order valence-electron chi connectivity index (χ1n) is 15.4. The number of hydrogen-bond acceptors (Lipinski definition) is 13. The molecule has 0 spiro atoms. The Kier molecular flexibility index (Phi) is 8.38. The average Bonchev–Trinajstić information content (AvgIpc) is 3.93. The molecule has 10 bridgehead atoms. The maximum atomic E-state index is 13.9. The third-order valence-corrected chi connectivity index (χ3v) is 8.58. The summed E-state index contributed by atoms with van der Waals surface area (Å²) in [6.45, 7) is 7.12. The fourth-order valence-electron chi connectivity index (χ4n) is 5.12. The van der Waals surface area contributed by atoms with E-state index >= 15 is 0 Å². The number of benzene rings is 1. The van der Waals surface area contributed by atoms with Crippen LogP contribution in [-0.2, 0) is 16.1 Å². The summed E-state index contributed by atoms with van der Waals surface area (Å²) in [5.41, 5.74) is 1.99. The largest absolute Gasteiger partial charge is 0.446 e. The second kappa shape index (κ2) is 13.0. The molecule has 6 aromatic rings. The number of carbonyl (C=O) groups excluding carboxylic acids is 3. The molecule has 1 aromatic carbocycles. The number of hydrogen-bond donors (Lipinski definition) is 3. The summed E-state index contributed by atoms with van der Waals surface area (Å²) >= 11 is 1.28. The van der Waals surface area contributed by atoms with Gasteiger partial charge < -0.3 is 33.6 Å². The van der Waals surface area contributed by atoms with Crippen molar-refractivity contribution in [2.45, 2.75) is 46.3 Å². The van der Waals surface area contributed by atoms with E-state index in [2.05, 4.69) is 40.9 Å². The van der Waals surface area contributed by atoms with E-state index in [0.29, 0.717) is 33.3 Å². The highest BCUT2D eigenvalue weighted by Gasteiger charge is 2.33. The van der Waals surface area contributed by atoms with Gasteiger partial charge in [-0.1, -0.05) is 58.0 Å². The number of fused-ring (bicyclic) bond motifs is 14. The van der Waals surface area contributed by atoms with E-state index in [9.17, 15) is 14.4 Å². The van der Waals surface area contributed by atoms with Crippen LogP contribution in [0.4, 0.5) is 0 Å². The number of carbonyl (C=O) groups is 3. The highest BCUT2D eigenvalue weighted by atomic mass is 32.1. The van der Waals surface area contributed by atoms with Crippen LogP contribution >= 0.6 is 11.3 Å². The summed E-state index contributed by atoms with van der Waals surface area (Å²) in [6.07, 6.45) is 4.17. The molecule has 0 saturated carbocycles. The van der Waals surface area contributed by atoms with Crippen LogP contribution in [0.2, 0.25) is 0 Å². The molecule has 1 aliphatic rings. The molecule has 6 heterocycles. The molecule has 3 amide bonds. The molecule has 0 saturated heterocycles. The monoisotopic (exact) mass is 682 g/mol. The van der Waals surface area contributed by atoms with E-state index in [1.165, 1.54) is 30.1 Å². The lowest BCUT2D eigenvalue weighted by molar-refractivity contribution is -0.131. The molecule has 3 N–H and O–H groups in total. The summed E-state index contributed by atoms with van der Waals surface area (Å²) in [6, 6.07) is 7.09. The Bertz CT molecular complexity index is 2140. The summed E-state index contributed by atoms with van der Waals surface area (Å²) in [5.74, 6) is -1.43. The second-order valence-corrected chi connectivity index (χ2v) is 12.8. The zero-order valence-corrected chi connectivity index (χ0v) is 27.5. The summed E-state index contributed by atoms with van der Waals surface area (Å²) in [7, 11) is 0. The second-order valence-electron chi connectivity index (χ2n) is 11.9. The maximum absolute atomic E-state index is 13.9. The van der Waals surface area contributed by atoms with Crippen molar-refractivity contribution >= 4 is 29.1 Å². The van der Waals surface area contributed by atoms with Crippen molar-refractivity contribution in [3.63, 3.8) is 0 Å². The molecule has 0 unspecified atom stereocenters. The van der Waals surface area contributed by atoms with Gasteiger partial charge in [0.15, 0.2) is 22.8 Å². The van der Waals surface area contributed by atoms with Crippen LogP contribution in [0.15, 0.2) is 72.2 Å². The molecule has 2 atom stereocenters. The van der Waals surface area contributed by atoms with Gasteiger partial charge in [0.2, 0.25) is 35.4 Å². The lowest BCUT2D eigenvalue weighted by Crippen LogP contribution is -2.56. The predicted octanol–water partition coefficient (Wildman–Crippen LogP) is 4.96. The van der Waals surface area contributed by atoms with Gasteiger partial charge in [-0.25, -0.2) is 24.9 Å². The molecule has 7 rings (SSSR count). The van der Waals surface area contributed by atoms with Crippen LogP contribution in [-0.4, -0.2) is 54.7 Å². The van der Waals surface area contributed by atoms with Crippen molar-refractivity contribution in [2.24, 2.45) is 11.8 Å². The Hall–Kier alpha value is -5.90. The molecule has 16 heteroatoms. The van der Waals surface area contributed by atoms with Crippen molar-refractivity contribution < 1.29 is 32.1 Å². The first kappa shape index (κ1) is 31.7. The van der Waals surface area contributed by atoms with Crippen molar-refractivity contribution in [2.75, 3.05) is 0 Å². The average molecular weight is 683 g/mol. The Morgan fingerprint density at radius 3 is 2.10 bits per heavy atom. The van der Waals surface area contributed by atoms with Crippen LogP contribution in [0.25, 0.3) is 56.8 Å². The lowest BCUT2D eigenvalue weighted by Gasteiger charge is -2.26. The fraction of sp³-hybridized carbons (Fsp3) is 0.273. The van der Waals surface area contributed by atoms with E-state index < -0.39 is 29.8 Å².